The fraction of sp³-hybridized carbons (Fsp3) is 0.300. The minimum atomic E-state index is -5.03. The molecule has 120 valence electrons. The topological polar surface area (TPSA) is 63.6 Å². The molecule has 12 heteroatoms. The van der Waals surface area contributed by atoms with Gasteiger partial charge in [0.15, 0.2) is 5.69 Å². The average molecular weight is 347 g/mol. The third kappa shape index (κ3) is 3.40. The fourth-order valence-corrected chi connectivity index (χ4v) is 1.71. The first kappa shape index (κ1) is 16.3. The lowest BCUT2D eigenvalue weighted by molar-refractivity contribution is -0.144. The Balaban J connectivity index is 2.40. The molecular formula is C10H5ClF6N4O. The minimum Gasteiger partial charge on any atom is -0.280 e. The molecule has 0 aromatic carbocycles. The van der Waals surface area contributed by atoms with Gasteiger partial charge in [-0.3, -0.25) is 14.6 Å². The second kappa shape index (κ2) is 5.30. The van der Waals surface area contributed by atoms with Gasteiger partial charge in [-0.15, -0.1) is 0 Å². The van der Waals surface area contributed by atoms with Crippen LogP contribution in [0.3, 0.4) is 0 Å². The van der Waals surface area contributed by atoms with Gasteiger partial charge in [0.2, 0.25) is 0 Å². The molecule has 2 rings (SSSR count). The Morgan fingerprint density at radius 2 is 1.82 bits per heavy atom. The molecule has 22 heavy (non-hydrogen) atoms. The van der Waals surface area contributed by atoms with Crippen molar-refractivity contribution < 1.29 is 31.1 Å². The standard InChI is InChI=1S/C10H5ClF6N4O/c11-8(22)5-1-4(18-19-5)3-21-7(10(15,16)17)2-6(20-21)9(12,13)14/h1-2H,3H2,(H,18,19). The highest BCUT2D eigenvalue weighted by Crippen LogP contribution is 2.35. The predicted molar refractivity (Wildman–Crippen MR) is 60.1 cm³/mol. The number of carbonyl (C=O) groups is 1. The van der Waals surface area contributed by atoms with Gasteiger partial charge < -0.3 is 0 Å². The lowest BCUT2D eigenvalue weighted by atomic mass is 10.3. The highest BCUT2D eigenvalue weighted by molar-refractivity contribution is 6.67. The van der Waals surface area contributed by atoms with E-state index in [2.05, 4.69) is 15.3 Å². The van der Waals surface area contributed by atoms with Gasteiger partial charge in [0.05, 0.1) is 12.2 Å². The molecule has 2 heterocycles. The molecule has 0 bridgehead atoms. The minimum absolute atomic E-state index is 0.0636. The lowest BCUT2D eigenvalue weighted by Gasteiger charge is -2.08. The van der Waals surface area contributed by atoms with Crippen molar-refractivity contribution in [2.45, 2.75) is 18.9 Å². The molecule has 0 aliphatic heterocycles. The smallest absolute Gasteiger partial charge is 0.280 e. The van der Waals surface area contributed by atoms with Crippen LogP contribution < -0.4 is 0 Å². The monoisotopic (exact) mass is 346 g/mol. The zero-order valence-corrected chi connectivity index (χ0v) is 11.0. The summed E-state index contributed by atoms with van der Waals surface area (Å²) in [5.74, 6) is 0. The van der Waals surface area contributed by atoms with E-state index in [0.29, 0.717) is 0 Å². The van der Waals surface area contributed by atoms with Gasteiger partial charge in [-0.2, -0.15) is 36.5 Å². The lowest BCUT2D eigenvalue weighted by Crippen LogP contribution is -2.15. The summed E-state index contributed by atoms with van der Waals surface area (Å²) in [6.45, 7) is -0.692. The Hall–Kier alpha value is -2.04. The van der Waals surface area contributed by atoms with Crippen LogP contribution in [0.25, 0.3) is 0 Å². The predicted octanol–water partition coefficient (Wildman–Crippen LogP) is 3.07. The summed E-state index contributed by atoms with van der Waals surface area (Å²) in [6.07, 6.45) is -10.0. The first-order valence-electron chi connectivity index (χ1n) is 5.45. The number of hydrogen-bond donors (Lipinski definition) is 1. The number of rotatable bonds is 3. The number of H-pyrrole nitrogens is 1. The van der Waals surface area contributed by atoms with Crippen molar-refractivity contribution in [3.05, 3.63) is 34.9 Å². The van der Waals surface area contributed by atoms with Crippen molar-refractivity contribution in [2.75, 3.05) is 0 Å². The molecule has 0 atom stereocenters. The van der Waals surface area contributed by atoms with Crippen molar-refractivity contribution in [3.63, 3.8) is 0 Å². The van der Waals surface area contributed by atoms with Crippen LogP contribution >= 0.6 is 11.6 Å². The molecule has 0 saturated carbocycles. The van der Waals surface area contributed by atoms with E-state index in [9.17, 15) is 31.1 Å². The van der Waals surface area contributed by atoms with Crippen LogP contribution in [0.15, 0.2) is 12.1 Å². The maximum atomic E-state index is 12.8. The molecule has 5 nitrogen and oxygen atoms in total. The van der Waals surface area contributed by atoms with Crippen LogP contribution in [0.4, 0.5) is 26.3 Å². The van der Waals surface area contributed by atoms with E-state index in [1.165, 1.54) is 0 Å². The highest BCUT2D eigenvalue weighted by atomic mass is 35.5. The summed E-state index contributed by atoms with van der Waals surface area (Å²) < 4.78 is 75.9. The second-order valence-electron chi connectivity index (χ2n) is 4.12. The third-order valence-corrected chi connectivity index (χ3v) is 2.71. The maximum absolute atomic E-state index is 12.8. The molecule has 0 unspecified atom stereocenters. The van der Waals surface area contributed by atoms with E-state index in [-0.39, 0.29) is 22.1 Å². The van der Waals surface area contributed by atoms with Crippen LogP contribution in [-0.4, -0.2) is 25.2 Å². The maximum Gasteiger partial charge on any atom is 0.435 e. The normalized spacial score (nSPS) is 12.7. The van der Waals surface area contributed by atoms with Crippen LogP contribution in [0.1, 0.15) is 27.6 Å². The SMILES string of the molecule is O=C(Cl)c1cc(Cn2nc(C(F)(F)F)cc2C(F)(F)F)[nH]n1. The first-order chi connectivity index (χ1) is 9.98. The summed E-state index contributed by atoms with van der Waals surface area (Å²) in [7, 11) is 0. The van der Waals surface area contributed by atoms with Gasteiger partial charge in [0, 0.05) is 6.07 Å². The van der Waals surface area contributed by atoms with Gasteiger partial charge in [-0.1, -0.05) is 0 Å². The van der Waals surface area contributed by atoms with Crippen molar-refractivity contribution in [1.29, 1.82) is 0 Å². The number of nitrogens with one attached hydrogen (secondary N) is 1. The fourth-order valence-electron chi connectivity index (χ4n) is 1.61. The zero-order valence-electron chi connectivity index (χ0n) is 10.3. The molecule has 0 radical (unpaired) electrons. The number of alkyl halides is 6. The van der Waals surface area contributed by atoms with Crippen LogP contribution in [-0.2, 0) is 18.9 Å². The van der Waals surface area contributed by atoms with E-state index < -0.39 is 35.5 Å². The molecule has 0 spiro atoms. The van der Waals surface area contributed by atoms with Gasteiger partial charge in [0.25, 0.3) is 5.24 Å². The molecule has 0 aliphatic carbocycles. The van der Waals surface area contributed by atoms with Gasteiger partial charge in [-0.25, -0.2) is 0 Å². The zero-order chi connectivity index (χ0) is 16.7. The van der Waals surface area contributed by atoms with Crippen LogP contribution in [0, 0.1) is 0 Å². The van der Waals surface area contributed by atoms with Crippen molar-refractivity contribution >= 4 is 16.8 Å². The van der Waals surface area contributed by atoms with Crippen LogP contribution in [0.5, 0.6) is 0 Å². The van der Waals surface area contributed by atoms with E-state index in [0.717, 1.165) is 6.07 Å². The van der Waals surface area contributed by atoms with Crippen molar-refractivity contribution in [3.8, 4) is 0 Å². The van der Waals surface area contributed by atoms with Gasteiger partial charge >= 0.3 is 12.4 Å². The Labute approximate surface area is 122 Å². The quantitative estimate of drug-likeness (QED) is 0.686. The Bertz CT molecular complexity index is 701. The summed E-state index contributed by atoms with van der Waals surface area (Å²) in [5, 5.41) is 7.55. The molecule has 1 N–H and O–H groups in total. The number of hydrogen-bond acceptors (Lipinski definition) is 3. The summed E-state index contributed by atoms with van der Waals surface area (Å²) in [6, 6.07) is 0.925. The number of aromatic amines is 1. The van der Waals surface area contributed by atoms with Crippen LogP contribution in [0.2, 0.25) is 0 Å². The third-order valence-electron chi connectivity index (χ3n) is 2.51. The molecule has 0 saturated heterocycles. The summed E-state index contributed by atoms with van der Waals surface area (Å²) in [5.41, 5.74) is -3.58. The number of nitrogens with zero attached hydrogens (tertiary/aromatic N) is 3. The Morgan fingerprint density at radius 3 is 2.27 bits per heavy atom. The molecule has 0 aliphatic rings. The molecular weight excluding hydrogens is 342 g/mol. The van der Waals surface area contributed by atoms with E-state index in [4.69, 9.17) is 11.6 Å². The van der Waals surface area contributed by atoms with E-state index >= 15 is 0 Å². The highest BCUT2D eigenvalue weighted by Gasteiger charge is 2.41. The molecule has 0 fully saturated rings. The van der Waals surface area contributed by atoms with Crippen molar-refractivity contribution in [2.24, 2.45) is 0 Å². The largest absolute Gasteiger partial charge is 0.435 e. The molecule has 2 aromatic heterocycles. The Kier molecular flexibility index (Phi) is 3.94. The van der Waals surface area contributed by atoms with Gasteiger partial charge in [0.1, 0.15) is 11.4 Å². The van der Waals surface area contributed by atoms with E-state index in [1.807, 2.05) is 0 Å². The first-order valence-corrected chi connectivity index (χ1v) is 5.82. The number of halogens is 7. The number of aromatic nitrogens is 4. The summed E-state index contributed by atoms with van der Waals surface area (Å²) in [4.78, 5) is 10.8. The average Bonchev–Trinajstić information content (AvgIpc) is 2.94. The molecule has 2 aromatic rings. The van der Waals surface area contributed by atoms with Crippen molar-refractivity contribution in [1.82, 2.24) is 20.0 Å². The summed E-state index contributed by atoms with van der Waals surface area (Å²) >= 11 is 5.11. The van der Waals surface area contributed by atoms with E-state index in [1.54, 1.807) is 0 Å². The Morgan fingerprint density at radius 1 is 1.18 bits per heavy atom. The molecule has 0 amide bonds. The second-order valence-corrected chi connectivity index (χ2v) is 4.46. The number of carbonyl (C=O) groups excluding carboxylic acids is 1. The van der Waals surface area contributed by atoms with Gasteiger partial charge in [-0.05, 0) is 17.7 Å².